The van der Waals surface area contributed by atoms with E-state index in [0.29, 0.717) is 48.2 Å². The van der Waals surface area contributed by atoms with Gasteiger partial charge in [0.25, 0.3) is 0 Å². The Morgan fingerprint density at radius 1 is 1.23 bits per heavy atom. The van der Waals surface area contributed by atoms with Gasteiger partial charge in [-0.1, -0.05) is 43.8 Å². The molecule has 4 rings (SSSR count). The summed E-state index contributed by atoms with van der Waals surface area (Å²) in [6, 6.07) is 11.7. The Morgan fingerprint density at radius 2 is 2.00 bits per heavy atom. The Labute approximate surface area is 208 Å². The molecular weight excluding hydrogens is 496 g/mol. The molecule has 1 fully saturated rings. The lowest BCUT2D eigenvalue weighted by Gasteiger charge is -2.18. The number of ether oxygens (including phenoxy) is 2. The van der Waals surface area contributed by atoms with Crippen LogP contribution in [0.5, 0.6) is 5.75 Å². The zero-order chi connectivity index (χ0) is 25.0. The molecule has 1 aliphatic heterocycles. The average Bonchev–Trinajstić information content (AvgIpc) is 3.46. The third kappa shape index (κ3) is 5.79. The molecule has 1 aromatic heterocycles. The van der Waals surface area contributed by atoms with Crippen LogP contribution in [0.3, 0.4) is 0 Å². The van der Waals surface area contributed by atoms with Gasteiger partial charge in [0.05, 0.1) is 28.6 Å². The summed E-state index contributed by atoms with van der Waals surface area (Å²) in [7, 11) is -3.63. The summed E-state index contributed by atoms with van der Waals surface area (Å²) in [6.45, 7) is 2.76. The van der Waals surface area contributed by atoms with Crippen molar-refractivity contribution >= 4 is 32.8 Å². The Kier molecular flexibility index (Phi) is 8.31. The van der Waals surface area contributed by atoms with E-state index in [4.69, 9.17) is 9.72 Å². The maximum Gasteiger partial charge on any atom is 0.387 e. The molecule has 3 aromatic rings. The van der Waals surface area contributed by atoms with Gasteiger partial charge in [-0.15, -0.1) is 0 Å². The fraction of sp³-hybridized carbons (Fsp3) is 0.458. The third-order valence-corrected chi connectivity index (χ3v) is 9.05. The standard InChI is InChI=1S/C24H29F2N3O4S2/c1-3-28(4-2)35(30,31)19-11-12-21-20(14-19)27-24(29(21)15-18-9-7-13-32-18)34-16-17-8-5-6-10-22(17)33-23(25)26/h5-6,8,10-12,14,18,23H,3-4,7,9,13,15-16H2,1-2H3/t18-/m0/s1. The number of rotatable bonds is 11. The molecule has 11 heteroatoms. The highest BCUT2D eigenvalue weighted by Gasteiger charge is 2.25. The summed E-state index contributed by atoms with van der Waals surface area (Å²) in [6.07, 6.45) is 1.97. The predicted molar refractivity (Wildman–Crippen MR) is 131 cm³/mol. The SMILES string of the molecule is CCN(CC)S(=O)(=O)c1ccc2c(c1)nc(SCc1ccccc1OC(F)F)n2C[C@@H]1CCCO1. The van der Waals surface area contributed by atoms with E-state index in [1.165, 1.54) is 22.1 Å². The van der Waals surface area contributed by atoms with Gasteiger partial charge in [-0.2, -0.15) is 13.1 Å². The van der Waals surface area contributed by atoms with E-state index in [2.05, 4.69) is 4.74 Å². The van der Waals surface area contributed by atoms with Crippen molar-refractivity contribution in [3.63, 3.8) is 0 Å². The Bertz CT molecular complexity index is 1260. The highest BCUT2D eigenvalue weighted by atomic mass is 32.2. The summed E-state index contributed by atoms with van der Waals surface area (Å²) >= 11 is 1.39. The van der Waals surface area contributed by atoms with Crippen molar-refractivity contribution in [2.24, 2.45) is 0 Å². The van der Waals surface area contributed by atoms with Crippen LogP contribution in [0.25, 0.3) is 11.0 Å². The normalized spacial score (nSPS) is 16.6. The van der Waals surface area contributed by atoms with Crippen molar-refractivity contribution in [2.45, 2.75) is 61.8 Å². The monoisotopic (exact) mass is 525 g/mol. The smallest absolute Gasteiger partial charge is 0.387 e. The maximum absolute atomic E-state index is 13.0. The summed E-state index contributed by atoms with van der Waals surface area (Å²) in [5.74, 6) is 0.492. The van der Waals surface area contributed by atoms with Crippen LogP contribution < -0.4 is 4.74 Å². The predicted octanol–water partition coefficient (Wildman–Crippen LogP) is 5.14. The first-order chi connectivity index (χ1) is 16.8. The lowest BCUT2D eigenvalue weighted by atomic mass is 10.2. The van der Waals surface area contributed by atoms with Crippen molar-refractivity contribution < 1.29 is 26.7 Å². The highest BCUT2D eigenvalue weighted by molar-refractivity contribution is 7.98. The van der Waals surface area contributed by atoms with Crippen LogP contribution in [0.4, 0.5) is 8.78 Å². The topological polar surface area (TPSA) is 73.7 Å². The van der Waals surface area contributed by atoms with Crippen molar-refractivity contribution in [2.75, 3.05) is 19.7 Å². The minimum atomic E-state index is -3.63. The first-order valence-corrected chi connectivity index (χ1v) is 14.0. The molecule has 35 heavy (non-hydrogen) atoms. The summed E-state index contributed by atoms with van der Waals surface area (Å²) in [5, 5.41) is 0.666. The van der Waals surface area contributed by atoms with Crippen LogP contribution in [-0.2, 0) is 27.1 Å². The molecule has 0 N–H and O–H groups in total. The van der Waals surface area contributed by atoms with Gasteiger partial charge < -0.3 is 14.0 Å². The summed E-state index contributed by atoms with van der Waals surface area (Å²) in [5.41, 5.74) is 1.99. The van der Waals surface area contributed by atoms with Crippen LogP contribution in [-0.4, -0.2) is 54.7 Å². The number of thioether (sulfide) groups is 1. The molecule has 0 spiro atoms. The van der Waals surface area contributed by atoms with Crippen molar-refractivity contribution in [3.05, 3.63) is 48.0 Å². The molecule has 0 unspecified atom stereocenters. The van der Waals surface area contributed by atoms with Crippen LogP contribution in [0.1, 0.15) is 32.3 Å². The molecule has 0 aliphatic carbocycles. The summed E-state index contributed by atoms with van der Waals surface area (Å²) < 4.78 is 65.7. The molecule has 1 atom stereocenters. The van der Waals surface area contributed by atoms with Crippen LogP contribution >= 0.6 is 11.8 Å². The van der Waals surface area contributed by atoms with Gasteiger partial charge in [0.2, 0.25) is 10.0 Å². The average molecular weight is 526 g/mol. The Morgan fingerprint density at radius 3 is 2.69 bits per heavy atom. The second-order valence-corrected chi connectivity index (χ2v) is 11.0. The highest BCUT2D eigenvalue weighted by Crippen LogP contribution is 2.33. The zero-order valence-corrected chi connectivity index (χ0v) is 21.3. The summed E-state index contributed by atoms with van der Waals surface area (Å²) in [4.78, 5) is 4.94. The number of alkyl halides is 2. The minimum absolute atomic E-state index is 0.0419. The molecule has 190 valence electrons. The molecule has 1 saturated heterocycles. The number of aromatic nitrogens is 2. The second-order valence-electron chi connectivity index (χ2n) is 8.15. The number of sulfonamides is 1. The van der Waals surface area contributed by atoms with E-state index >= 15 is 0 Å². The fourth-order valence-corrected chi connectivity index (χ4v) is 6.71. The van der Waals surface area contributed by atoms with Gasteiger partial charge in [-0.25, -0.2) is 13.4 Å². The molecule has 2 aromatic carbocycles. The number of halogens is 2. The zero-order valence-electron chi connectivity index (χ0n) is 19.7. The van der Waals surface area contributed by atoms with E-state index in [9.17, 15) is 17.2 Å². The number of fused-ring (bicyclic) bond motifs is 1. The number of imidazole rings is 1. The lowest BCUT2D eigenvalue weighted by molar-refractivity contribution is -0.0503. The van der Waals surface area contributed by atoms with Crippen LogP contribution in [0.2, 0.25) is 0 Å². The third-order valence-electron chi connectivity index (χ3n) is 5.98. The van der Waals surface area contributed by atoms with Gasteiger partial charge in [-0.3, -0.25) is 0 Å². The van der Waals surface area contributed by atoms with Crippen molar-refractivity contribution in [1.29, 1.82) is 0 Å². The van der Waals surface area contributed by atoms with Gasteiger partial charge in [0, 0.05) is 31.0 Å². The molecule has 0 amide bonds. The fourth-order valence-electron chi connectivity index (χ4n) is 4.22. The first-order valence-electron chi connectivity index (χ1n) is 11.6. The van der Waals surface area contributed by atoms with E-state index in [1.807, 2.05) is 4.57 Å². The number of nitrogens with zero attached hydrogens (tertiary/aromatic N) is 3. The Hall–Kier alpha value is -2.21. The van der Waals surface area contributed by atoms with Crippen molar-refractivity contribution in [3.8, 4) is 5.75 Å². The largest absolute Gasteiger partial charge is 0.435 e. The minimum Gasteiger partial charge on any atom is -0.435 e. The van der Waals surface area contributed by atoms with Gasteiger partial charge in [0.15, 0.2) is 5.16 Å². The molecule has 0 radical (unpaired) electrons. The quantitative estimate of drug-likeness (QED) is 0.323. The van der Waals surface area contributed by atoms with E-state index < -0.39 is 16.6 Å². The molecular formula is C24H29F2N3O4S2. The maximum atomic E-state index is 13.0. The Balaban J connectivity index is 1.68. The molecule has 0 saturated carbocycles. The van der Waals surface area contributed by atoms with E-state index in [0.717, 1.165) is 18.4 Å². The molecule has 7 nitrogen and oxygen atoms in total. The van der Waals surface area contributed by atoms with Gasteiger partial charge >= 0.3 is 6.61 Å². The number of hydrogen-bond acceptors (Lipinski definition) is 6. The van der Waals surface area contributed by atoms with Gasteiger partial charge in [-0.05, 0) is 37.1 Å². The van der Waals surface area contributed by atoms with Crippen LogP contribution in [0, 0.1) is 0 Å². The first kappa shape index (κ1) is 25.9. The van der Waals surface area contributed by atoms with E-state index in [-0.39, 0.29) is 16.7 Å². The number of benzene rings is 2. The lowest BCUT2D eigenvalue weighted by Crippen LogP contribution is -2.30. The van der Waals surface area contributed by atoms with Crippen molar-refractivity contribution in [1.82, 2.24) is 13.9 Å². The number of para-hydroxylation sites is 1. The van der Waals surface area contributed by atoms with E-state index in [1.54, 1.807) is 50.2 Å². The van der Waals surface area contributed by atoms with Gasteiger partial charge in [0.1, 0.15) is 5.75 Å². The van der Waals surface area contributed by atoms with Crippen LogP contribution in [0.15, 0.2) is 52.5 Å². The molecule has 1 aliphatic rings. The second kappa shape index (κ2) is 11.2. The number of hydrogen-bond donors (Lipinski definition) is 0. The molecule has 2 heterocycles. The molecule has 0 bridgehead atoms.